The molecule has 1 aliphatic rings. The third-order valence-electron chi connectivity index (χ3n) is 4.87. The van der Waals surface area contributed by atoms with Gasteiger partial charge in [-0.3, -0.25) is 9.69 Å². The molecule has 0 radical (unpaired) electrons. The average Bonchev–Trinajstić information content (AvgIpc) is 3.19. The second kappa shape index (κ2) is 8.02. The van der Waals surface area contributed by atoms with Crippen LogP contribution in [0.4, 0.5) is 13.2 Å². The summed E-state index contributed by atoms with van der Waals surface area (Å²) >= 11 is 0. The van der Waals surface area contributed by atoms with Crippen LogP contribution in [0.1, 0.15) is 11.6 Å². The Hall–Kier alpha value is -3.41. The maximum Gasteiger partial charge on any atom is 0.453 e. The van der Waals surface area contributed by atoms with Crippen molar-refractivity contribution >= 4 is 0 Å². The molecule has 1 aromatic carbocycles. The smallest absolute Gasteiger partial charge is 0.453 e. The maximum atomic E-state index is 12.9. The topological polar surface area (TPSA) is 87.3 Å². The molecule has 0 unspecified atom stereocenters. The number of rotatable bonds is 5. The Labute approximate surface area is 174 Å². The molecule has 0 N–H and O–H groups in total. The monoisotopic (exact) mass is 436 g/mol. The summed E-state index contributed by atoms with van der Waals surface area (Å²) < 4.78 is 51.6. The van der Waals surface area contributed by atoms with Gasteiger partial charge in [0.2, 0.25) is 0 Å². The van der Waals surface area contributed by atoms with Crippen LogP contribution in [0.25, 0.3) is 11.3 Å². The van der Waals surface area contributed by atoms with Crippen molar-refractivity contribution in [2.75, 3.05) is 20.8 Å². The molecule has 0 fully saturated rings. The van der Waals surface area contributed by atoms with E-state index in [4.69, 9.17) is 9.47 Å². The lowest BCUT2D eigenvalue weighted by molar-refractivity contribution is -0.145. The maximum absolute atomic E-state index is 12.9. The first-order valence-electron chi connectivity index (χ1n) is 9.32. The highest BCUT2D eigenvalue weighted by Gasteiger charge is 2.37. The lowest BCUT2D eigenvalue weighted by Gasteiger charge is -2.26. The zero-order valence-electron chi connectivity index (χ0n) is 16.8. The first-order chi connectivity index (χ1) is 14.8. The first kappa shape index (κ1) is 20.8. The summed E-state index contributed by atoms with van der Waals surface area (Å²) in [7, 11) is 3.06. The van der Waals surface area contributed by atoms with E-state index in [9.17, 15) is 18.0 Å². The second-order valence-electron chi connectivity index (χ2n) is 6.89. The predicted octanol–water partition coefficient (Wildman–Crippen LogP) is 2.01. The SMILES string of the molecule is COc1ccc(-c2ccc(=O)n(CN3CCn4nc(C(F)(F)F)nc4C3)n2)cc1OC. The molecular formula is C19H19F3N6O3. The number of fused-ring (bicyclic) bond motifs is 1. The van der Waals surface area contributed by atoms with Crippen molar-refractivity contribution in [3.63, 3.8) is 0 Å². The van der Waals surface area contributed by atoms with Crippen molar-refractivity contribution in [2.24, 2.45) is 0 Å². The minimum Gasteiger partial charge on any atom is -0.493 e. The van der Waals surface area contributed by atoms with Gasteiger partial charge in [-0.15, -0.1) is 5.10 Å². The lowest BCUT2D eigenvalue weighted by Crippen LogP contribution is -2.39. The van der Waals surface area contributed by atoms with Crippen molar-refractivity contribution in [1.29, 1.82) is 0 Å². The van der Waals surface area contributed by atoms with E-state index in [0.29, 0.717) is 23.7 Å². The van der Waals surface area contributed by atoms with Crippen molar-refractivity contribution in [2.45, 2.75) is 25.9 Å². The van der Waals surface area contributed by atoms with E-state index in [1.165, 1.54) is 29.6 Å². The van der Waals surface area contributed by atoms with Crippen LogP contribution in [-0.4, -0.2) is 50.2 Å². The molecule has 0 saturated heterocycles. The Morgan fingerprint density at radius 3 is 2.52 bits per heavy atom. The molecule has 3 heterocycles. The molecule has 12 heteroatoms. The molecule has 1 aliphatic heterocycles. The molecule has 0 atom stereocenters. The third kappa shape index (κ3) is 4.24. The van der Waals surface area contributed by atoms with Crippen molar-refractivity contribution in [3.05, 3.63) is 52.3 Å². The molecule has 4 rings (SSSR count). The first-order valence-corrected chi connectivity index (χ1v) is 9.32. The van der Waals surface area contributed by atoms with Crippen LogP contribution in [0, 0.1) is 0 Å². The molecule has 9 nitrogen and oxygen atoms in total. The van der Waals surface area contributed by atoms with Crippen LogP contribution < -0.4 is 15.0 Å². The highest BCUT2D eigenvalue weighted by Crippen LogP contribution is 2.31. The van der Waals surface area contributed by atoms with Gasteiger partial charge in [-0.25, -0.2) is 14.3 Å². The Balaban J connectivity index is 1.56. The van der Waals surface area contributed by atoms with Crippen molar-refractivity contribution in [3.8, 4) is 22.8 Å². The number of aromatic nitrogens is 5. The van der Waals surface area contributed by atoms with Crippen molar-refractivity contribution in [1.82, 2.24) is 29.4 Å². The minimum atomic E-state index is -4.60. The van der Waals surface area contributed by atoms with E-state index in [0.717, 1.165) is 5.56 Å². The lowest BCUT2D eigenvalue weighted by atomic mass is 10.1. The fourth-order valence-corrected chi connectivity index (χ4v) is 3.32. The van der Waals surface area contributed by atoms with Gasteiger partial charge in [0.15, 0.2) is 11.5 Å². The highest BCUT2D eigenvalue weighted by atomic mass is 19.4. The summed E-state index contributed by atoms with van der Waals surface area (Å²) in [4.78, 5) is 17.7. The van der Waals surface area contributed by atoms with E-state index in [-0.39, 0.29) is 31.1 Å². The van der Waals surface area contributed by atoms with E-state index < -0.39 is 12.0 Å². The van der Waals surface area contributed by atoms with Crippen LogP contribution in [0.5, 0.6) is 11.5 Å². The Bertz CT molecular complexity index is 1160. The van der Waals surface area contributed by atoms with Gasteiger partial charge < -0.3 is 9.47 Å². The third-order valence-corrected chi connectivity index (χ3v) is 4.87. The number of benzene rings is 1. The molecule has 0 aliphatic carbocycles. The van der Waals surface area contributed by atoms with Gasteiger partial charge in [0, 0.05) is 18.2 Å². The number of nitrogens with zero attached hydrogens (tertiary/aromatic N) is 6. The zero-order chi connectivity index (χ0) is 22.2. The Kier molecular flexibility index (Phi) is 5.39. The van der Waals surface area contributed by atoms with Gasteiger partial charge in [0.05, 0.1) is 39.7 Å². The molecule has 0 spiro atoms. The van der Waals surface area contributed by atoms with Crippen molar-refractivity contribution < 1.29 is 22.6 Å². The number of hydrogen-bond acceptors (Lipinski definition) is 7. The predicted molar refractivity (Wildman–Crippen MR) is 102 cm³/mol. The number of alkyl halides is 3. The van der Waals surface area contributed by atoms with Crippen LogP contribution in [0.3, 0.4) is 0 Å². The normalized spacial score (nSPS) is 14.4. The molecule has 0 saturated carbocycles. The average molecular weight is 436 g/mol. The van der Waals surface area contributed by atoms with Gasteiger partial charge in [0.25, 0.3) is 11.4 Å². The summed E-state index contributed by atoms with van der Waals surface area (Å²) in [5.74, 6) is 0.128. The summed E-state index contributed by atoms with van der Waals surface area (Å²) in [6.45, 7) is 0.872. The quantitative estimate of drug-likeness (QED) is 0.605. The van der Waals surface area contributed by atoms with E-state index in [2.05, 4.69) is 15.2 Å². The zero-order valence-corrected chi connectivity index (χ0v) is 16.8. The molecular weight excluding hydrogens is 417 g/mol. The van der Waals surface area contributed by atoms with Gasteiger partial charge in [-0.2, -0.15) is 18.3 Å². The van der Waals surface area contributed by atoms with E-state index in [1.807, 2.05) is 0 Å². The molecule has 2 aromatic heterocycles. The fourth-order valence-electron chi connectivity index (χ4n) is 3.32. The van der Waals surface area contributed by atoms with Gasteiger partial charge in [0.1, 0.15) is 5.82 Å². The summed E-state index contributed by atoms with van der Waals surface area (Å²) in [5.41, 5.74) is 0.937. The Morgan fingerprint density at radius 1 is 1.03 bits per heavy atom. The summed E-state index contributed by atoms with van der Waals surface area (Å²) in [6, 6.07) is 8.27. The van der Waals surface area contributed by atoms with Gasteiger partial charge in [-0.1, -0.05) is 0 Å². The second-order valence-corrected chi connectivity index (χ2v) is 6.89. The molecule has 3 aromatic rings. The van der Waals surface area contributed by atoms with Crippen LogP contribution >= 0.6 is 0 Å². The molecule has 31 heavy (non-hydrogen) atoms. The number of ether oxygens (including phenoxy) is 2. The van der Waals surface area contributed by atoms with Crippen LogP contribution in [0.2, 0.25) is 0 Å². The highest BCUT2D eigenvalue weighted by molar-refractivity contribution is 5.63. The fraction of sp³-hybridized carbons (Fsp3) is 0.368. The molecule has 164 valence electrons. The summed E-state index contributed by atoms with van der Waals surface area (Å²) in [5, 5.41) is 7.92. The number of halogens is 3. The largest absolute Gasteiger partial charge is 0.493 e. The van der Waals surface area contributed by atoms with E-state index >= 15 is 0 Å². The van der Waals surface area contributed by atoms with Crippen LogP contribution in [0.15, 0.2) is 35.1 Å². The number of hydrogen-bond donors (Lipinski definition) is 0. The molecule has 0 amide bonds. The number of methoxy groups -OCH3 is 2. The molecule has 0 bridgehead atoms. The van der Waals surface area contributed by atoms with Gasteiger partial charge in [-0.05, 0) is 24.3 Å². The van der Waals surface area contributed by atoms with E-state index in [1.54, 1.807) is 29.2 Å². The van der Waals surface area contributed by atoms with Gasteiger partial charge >= 0.3 is 6.18 Å². The standard InChI is InChI=1S/C19H19F3N6O3/c1-30-14-5-3-12(9-15(14)31-2)13-4-6-17(29)28(24-13)11-26-7-8-27-16(10-26)23-18(25-27)19(20,21)22/h3-6,9H,7-8,10-11H2,1-2H3. The summed E-state index contributed by atoms with van der Waals surface area (Å²) in [6.07, 6.45) is -4.60. The minimum absolute atomic E-state index is 0.105. The Morgan fingerprint density at radius 2 is 1.81 bits per heavy atom. The van der Waals surface area contributed by atoms with Crippen LogP contribution in [-0.2, 0) is 25.9 Å².